The number of unbranched alkanes of at least 4 members (excludes halogenated alkanes) is 2. The summed E-state index contributed by atoms with van der Waals surface area (Å²) in [5, 5.41) is 9.45. The first-order chi connectivity index (χ1) is 15.3. The summed E-state index contributed by atoms with van der Waals surface area (Å²) in [5.41, 5.74) is 1.17. The highest BCUT2D eigenvalue weighted by Crippen LogP contribution is 2.02. The molecule has 0 aliphatic carbocycles. The van der Waals surface area contributed by atoms with Crippen LogP contribution < -0.4 is 0 Å². The van der Waals surface area contributed by atoms with Gasteiger partial charge in [-0.25, -0.2) is 0 Å². The van der Waals surface area contributed by atoms with Crippen LogP contribution in [-0.2, 0) is 35.0 Å². The van der Waals surface area contributed by atoms with Gasteiger partial charge in [0.1, 0.15) is 0 Å². The predicted molar refractivity (Wildman–Crippen MR) is 120 cm³/mol. The van der Waals surface area contributed by atoms with Gasteiger partial charge < -0.3 is 33.5 Å². The highest BCUT2D eigenvalue weighted by atomic mass is 16.6. The molecule has 1 unspecified atom stereocenters. The second-order valence-electron chi connectivity index (χ2n) is 7.16. The van der Waals surface area contributed by atoms with Gasteiger partial charge in [0.25, 0.3) is 0 Å². The third kappa shape index (κ3) is 19.4. The second kappa shape index (κ2) is 22.1. The van der Waals surface area contributed by atoms with Crippen molar-refractivity contribution in [3.05, 3.63) is 35.9 Å². The van der Waals surface area contributed by atoms with Gasteiger partial charge in [0, 0.05) is 13.2 Å². The molecular formula is C24H42O7. The number of aliphatic hydroxyl groups is 1. The lowest BCUT2D eigenvalue weighted by Gasteiger charge is -2.10. The molecule has 7 heteroatoms. The fraction of sp³-hybridized carbons (Fsp3) is 0.750. The Morgan fingerprint density at radius 3 is 1.74 bits per heavy atom. The molecule has 0 amide bonds. The molecule has 0 heterocycles. The second-order valence-corrected chi connectivity index (χ2v) is 7.16. The van der Waals surface area contributed by atoms with E-state index in [4.69, 9.17) is 28.4 Å². The Labute approximate surface area is 187 Å². The number of rotatable bonds is 23. The van der Waals surface area contributed by atoms with E-state index in [2.05, 4.69) is 0 Å². The third-order valence-electron chi connectivity index (χ3n) is 4.38. The molecule has 0 bridgehead atoms. The normalized spacial score (nSPS) is 12.3. The summed E-state index contributed by atoms with van der Waals surface area (Å²) >= 11 is 0. The number of aliphatic hydroxyl groups excluding tert-OH is 1. The zero-order valence-electron chi connectivity index (χ0n) is 19.2. The van der Waals surface area contributed by atoms with Crippen molar-refractivity contribution in [2.24, 2.45) is 0 Å². The lowest BCUT2D eigenvalue weighted by Crippen LogP contribution is -2.13. The van der Waals surface area contributed by atoms with Gasteiger partial charge in [-0.2, -0.15) is 0 Å². The summed E-state index contributed by atoms with van der Waals surface area (Å²) in [5.74, 6) is 0. The molecule has 1 N–H and O–H groups in total. The molecule has 0 aliphatic heterocycles. The lowest BCUT2D eigenvalue weighted by atomic mass is 10.2. The van der Waals surface area contributed by atoms with Crippen LogP contribution in [0.25, 0.3) is 0 Å². The van der Waals surface area contributed by atoms with Gasteiger partial charge in [-0.3, -0.25) is 0 Å². The third-order valence-corrected chi connectivity index (χ3v) is 4.38. The average molecular weight is 443 g/mol. The van der Waals surface area contributed by atoms with E-state index in [0.29, 0.717) is 72.5 Å². The average Bonchev–Trinajstić information content (AvgIpc) is 2.78. The minimum atomic E-state index is -0.611. The molecule has 0 aliphatic rings. The monoisotopic (exact) mass is 442 g/mol. The van der Waals surface area contributed by atoms with Crippen molar-refractivity contribution in [2.75, 3.05) is 66.1 Å². The van der Waals surface area contributed by atoms with E-state index in [1.54, 1.807) is 0 Å². The Kier molecular flexibility index (Phi) is 20.0. The molecule has 0 radical (unpaired) electrons. The quantitative estimate of drug-likeness (QED) is 0.205. The molecule has 0 saturated carbocycles. The fourth-order valence-electron chi connectivity index (χ4n) is 2.68. The van der Waals surface area contributed by atoms with Crippen molar-refractivity contribution in [3.63, 3.8) is 0 Å². The molecule has 1 aromatic carbocycles. The minimum Gasteiger partial charge on any atom is -0.379 e. The van der Waals surface area contributed by atoms with Gasteiger partial charge in [0.05, 0.1) is 59.5 Å². The van der Waals surface area contributed by atoms with Crippen LogP contribution in [0, 0.1) is 0 Å². The summed E-state index contributed by atoms with van der Waals surface area (Å²) in [7, 11) is 0. The molecule has 31 heavy (non-hydrogen) atoms. The van der Waals surface area contributed by atoms with E-state index in [1.807, 2.05) is 37.3 Å². The maximum atomic E-state index is 9.45. The van der Waals surface area contributed by atoms with Gasteiger partial charge in [0.2, 0.25) is 0 Å². The first-order valence-electron chi connectivity index (χ1n) is 11.5. The maximum absolute atomic E-state index is 9.45. The lowest BCUT2D eigenvalue weighted by molar-refractivity contribution is -0.104. The van der Waals surface area contributed by atoms with Crippen molar-refractivity contribution >= 4 is 0 Å². The van der Waals surface area contributed by atoms with Crippen molar-refractivity contribution < 1.29 is 33.5 Å². The van der Waals surface area contributed by atoms with Crippen LogP contribution in [0.1, 0.15) is 44.6 Å². The van der Waals surface area contributed by atoms with E-state index in [1.165, 1.54) is 5.56 Å². The smallest absolute Gasteiger partial charge is 0.154 e. The molecule has 0 fully saturated rings. The largest absolute Gasteiger partial charge is 0.379 e. The Morgan fingerprint density at radius 2 is 1.16 bits per heavy atom. The van der Waals surface area contributed by atoms with E-state index >= 15 is 0 Å². The maximum Gasteiger partial charge on any atom is 0.154 e. The van der Waals surface area contributed by atoms with Crippen LogP contribution in [0.5, 0.6) is 0 Å². The number of benzene rings is 1. The fourth-order valence-corrected chi connectivity index (χ4v) is 2.68. The molecule has 1 rings (SSSR count). The van der Waals surface area contributed by atoms with Crippen molar-refractivity contribution in [2.45, 2.75) is 51.9 Å². The van der Waals surface area contributed by atoms with Gasteiger partial charge in [-0.15, -0.1) is 0 Å². The molecule has 0 spiro atoms. The van der Waals surface area contributed by atoms with Crippen molar-refractivity contribution in [1.29, 1.82) is 0 Å². The predicted octanol–water partition coefficient (Wildman–Crippen LogP) is 3.58. The molecule has 180 valence electrons. The van der Waals surface area contributed by atoms with Crippen LogP contribution >= 0.6 is 0 Å². The van der Waals surface area contributed by atoms with E-state index in [-0.39, 0.29) is 0 Å². The van der Waals surface area contributed by atoms with Crippen molar-refractivity contribution in [3.8, 4) is 0 Å². The molecule has 1 aromatic rings. The number of hydrogen-bond donors (Lipinski definition) is 1. The standard InChI is InChI=1S/C24H42O7/c1-2-9-24(25)31-13-8-4-7-12-26-14-15-27-16-17-28-18-19-29-20-21-30-22-23-10-5-3-6-11-23/h3,5-6,10-11,24-25H,2,4,7-9,12-22H2,1H3. The van der Waals surface area contributed by atoms with Crippen LogP contribution in [0.15, 0.2) is 30.3 Å². The zero-order chi connectivity index (χ0) is 22.2. The SMILES string of the molecule is CCCC(O)OCCCCCOCCOCCOCCOCCOCc1ccccc1. The highest BCUT2D eigenvalue weighted by molar-refractivity contribution is 5.13. The Balaban J connectivity index is 1.67. The summed E-state index contributed by atoms with van der Waals surface area (Å²) in [6, 6.07) is 10.1. The van der Waals surface area contributed by atoms with Crippen LogP contribution in [-0.4, -0.2) is 77.5 Å². The molecular weight excluding hydrogens is 400 g/mol. The zero-order valence-corrected chi connectivity index (χ0v) is 19.2. The highest BCUT2D eigenvalue weighted by Gasteiger charge is 2.01. The molecule has 0 saturated heterocycles. The Hall–Kier alpha value is -1.06. The molecule has 0 aromatic heterocycles. The summed E-state index contributed by atoms with van der Waals surface area (Å²) < 4.78 is 32.8. The van der Waals surface area contributed by atoms with E-state index in [9.17, 15) is 5.11 Å². The van der Waals surface area contributed by atoms with Crippen molar-refractivity contribution in [1.82, 2.24) is 0 Å². The first-order valence-corrected chi connectivity index (χ1v) is 11.5. The van der Waals surface area contributed by atoms with Gasteiger partial charge >= 0.3 is 0 Å². The van der Waals surface area contributed by atoms with E-state index < -0.39 is 6.29 Å². The summed E-state index contributed by atoms with van der Waals surface area (Å²) in [6.07, 6.45) is 4.00. The van der Waals surface area contributed by atoms with Gasteiger partial charge in [-0.05, 0) is 31.2 Å². The van der Waals surface area contributed by atoms with Gasteiger partial charge in [0.15, 0.2) is 6.29 Å². The molecule has 7 nitrogen and oxygen atoms in total. The number of hydrogen-bond acceptors (Lipinski definition) is 7. The van der Waals surface area contributed by atoms with Gasteiger partial charge in [-0.1, -0.05) is 43.7 Å². The Bertz CT molecular complexity index is 472. The van der Waals surface area contributed by atoms with Crippen LogP contribution in [0.3, 0.4) is 0 Å². The van der Waals surface area contributed by atoms with Crippen LogP contribution in [0.4, 0.5) is 0 Å². The van der Waals surface area contributed by atoms with Crippen LogP contribution in [0.2, 0.25) is 0 Å². The molecule has 1 atom stereocenters. The number of ether oxygens (including phenoxy) is 6. The topological polar surface area (TPSA) is 75.6 Å². The van der Waals surface area contributed by atoms with E-state index in [0.717, 1.165) is 32.3 Å². The first kappa shape index (κ1) is 28.0. The summed E-state index contributed by atoms with van der Waals surface area (Å²) in [6.45, 7) is 8.51. The Morgan fingerprint density at radius 1 is 0.645 bits per heavy atom. The summed E-state index contributed by atoms with van der Waals surface area (Å²) in [4.78, 5) is 0. The minimum absolute atomic E-state index is 0.553.